The number of hydrogen-bond donors (Lipinski definition) is 3. The van der Waals surface area contributed by atoms with Gasteiger partial charge >= 0.3 is 5.97 Å². The third kappa shape index (κ3) is 6.98. The van der Waals surface area contributed by atoms with Crippen LogP contribution in [0.2, 0.25) is 0 Å². The molecule has 4 aromatic carbocycles. The fourth-order valence-corrected chi connectivity index (χ4v) is 8.40. The van der Waals surface area contributed by atoms with Crippen LogP contribution in [0.4, 0.5) is 11.4 Å². The van der Waals surface area contributed by atoms with Gasteiger partial charge < -0.3 is 29.9 Å². The van der Waals surface area contributed by atoms with E-state index in [2.05, 4.69) is 63.5 Å². The largest absolute Gasteiger partial charge is 0.489 e. The van der Waals surface area contributed by atoms with Crippen molar-refractivity contribution in [1.29, 1.82) is 0 Å². The number of benzene rings is 4. The van der Waals surface area contributed by atoms with Gasteiger partial charge in [0, 0.05) is 65.7 Å². The number of carboxylic acid groups (broad SMARTS) is 1. The maximum atomic E-state index is 14.0. The predicted octanol–water partition coefficient (Wildman–Crippen LogP) is 8.77. The molecular formula is C45H46N4O5. The molecule has 276 valence electrons. The minimum atomic E-state index is -1.02. The van der Waals surface area contributed by atoms with Crippen molar-refractivity contribution in [3.63, 3.8) is 0 Å². The average molecular weight is 723 g/mol. The summed E-state index contributed by atoms with van der Waals surface area (Å²) in [5, 5.41) is 16.2. The van der Waals surface area contributed by atoms with E-state index in [0.29, 0.717) is 42.2 Å². The van der Waals surface area contributed by atoms with Gasteiger partial charge in [0.1, 0.15) is 17.9 Å². The standard InChI is InChI=1S/C45H46N4O5/c1-48-25-26-49-39-27-33(43(52)47-45(23-8-24-45)44(53)46-34-17-13-30(14-18-34)15-22-40(50)51)16-20-36(39)41(32-11-6-3-7-12-32)42(49)37-21-19-35(28-38(37)48)54-29-31-9-4-2-5-10-31/h2,4-5,9-10,13-22,27-28,32H,3,6-8,11-12,23-26,29H2,1H3,(H,46,53)(H,47,52)(H,50,51)/b22-15+. The Balaban J connectivity index is 1.09. The van der Waals surface area contributed by atoms with Crippen molar-refractivity contribution in [3.8, 4) is 17.0 Å². The van der Waals surface area contributed by atoms with Crippen LogP contribution in [0.3, 0.4) is 0 Å². The molecule has 9 nitrogen and oxygen atoms in total. The summed E-state index contributed by atoms with van der Waals surface area (Å²) in [4.78, 5) is 40.9. The van der Waals surface area contributed by atoms with E-state index in [4.69, 9.17) is 9.84 Å². The molecular weight excluding hydrogens is 677 g/mol. The second kappa shape index (κ2) is 14.9. The molecule has 2 fully saturated rings. The maximum Gasteiger partial charge on any atom is 0.328 e. The minimum absolute atomic E-state index is 0.250. The van der Waals surface area contributed by atoms with Gasteiger partial charge in [-0.25, -0.2) is 4.79 Å². The molecule has 0 spiro atoms. The highest BCUT2D eigenvalue weighted by molar-refractivity contribution is 6.06. The Morgan fingerprint density at radius 3 is 2.39 bits per heavy atom. The SMILES string of the molecule is CN1CCn2c(c(C3CCCCC3)c3ccc(C(=O)NC4(C(=O)Nc5ccc(/C=C/C(=O)O)cc5)CCC4)cc32)-c2ccc(OCc3ccccc3)cc21. The normalized spacial score (nSPS) is 16.6. The maximum absolute atomic E-state index is 14.0. The Morgan fingerprint density at radius 1 is 0.889 bits per heavy atom. The van der Waals surface area contributed by atoms with E-state index >= 15 is 0 Å². The van der Waals surface area contributed by atoms with E-state index in [-0.39, 0.29) is 11.8 Å². The second-order valence-corrected chi connectivity index (χ2v) is 15.0. The molecule has 1 aromatic heterocycles. The number of carboxylic acids is 1. The van der Waals surface area contributed by atoms with Crippen LogP contribution in [0.25, 0.3) is 28.2 Å². The lowest BCUT2D eigenvalue weighted by Gasteiger charge is -2.40. The summed E-state index contributed by atoms with van der Waals surface area (Å²) < 4.78 is 8.70. The van der Waals surface area contributed by atoms with E-state index in [1.807, 2.05) is 30.3 Å². The first kappa shape index (κ1) is 35.2. The lowest BCUT2D eigenvalue weighted by molar-refractivity contribution is -0.131. The van der Waals surface area contributed by atoms with E-state index < -0.39 is 11.5 Å². The van der Waals surface area contributed by atoms with Crippen molar-refractivity contribution in [2.24, 2.45) is 0 Å². The molecule has 5 aromatic rings. The Kier molecular flexibility index (Phi) is 9.71. The molecule has 54 heavy (non-hydrogen) atoms. The smallest absolute Gasteiger partial charge is 0.328 e. The van der Waals surface area contributed by atoms with Crippen molar-refractivity contribution in [1.82, 2.24) is 9.88 Å². The number of likely N-dealkylation sites (N-methyl/N-ethyl adjacent to an activating group) is 1. The number of anilines is 2. The lowest BCUT2D eigenvalue weighted by Crippen LogP contribution is -2.61. The van der Waals surface area contributed by atoms with E-state index in [9.17, 15) is 14.4 Å². The Morgan fingerprint density at radius 2 is 1.67 bits per heavy atom. The highest BCUT2D eigenvalue weighted by Crippen LogP contribution is 2.48. The molecule has 2 amide bonds. The Hall–Kier alpha value is -5.83. The zero-order chi connectivity index (χ0) is 37.2. The number of nitrogens with zero attached hydrogens (tertiary/aromatic N) is 2. The third-order valence-electron chi connectivity index (χ3n) is 11.5. The van der Waals surface area contributed by atoms with Gasteiger partial charge in [-0.2, -0.15) is 0 Å². The molecule has 0 saturated heterocycles. The van der Waals surface area contributed by atoms with Crippen molar-refractivity contribution < 1.29 is 24.2 Å². The summed E-state index contributed by atoms with van der Waals surface area (Å²) in [7, 11) is 2.14. The molecule has 2 saturated carbocycles. The van der Waals surface area contributed by atoms with Gasteiger partial charge in [-0.3, -0.25) is 9.59 Å². The van der Waals surface area contributed by atoms with E-state index in [1.54, 1.807) is 24.3 Å². The van der Waals surface area contributed by atoms with Crippen LogP contribution in [-0.4, -0.2) is 46.6 Å². The topological polar surface area (TPSA) is 113 Å². The first-order chi connectivity index (χ1) is 26.3. The molecule has 0 atom stereocenters. The van der Waals surface area contributed by atoms with Gasteiger partial charge in [0.05, 0.1) is 5.69 Å². The zero-order valence-corrected chi connectivity index (χ0v) is 30.6. The molecule has 0 bridgehead atoms. The van der Waals surface area contributed by atoms with Crippen LogP contribution in [0, 0.1) is 0 Å². The van der Waals surface area contributed by atoms with Gasteiger partial charge in [0.25, 0.3) is 5.91 Å². The summed E-state index contributed by atoms with van der Waals surface area (Å²) in [5.74, 6) is -0.261. The first-order valence-electron chi connectivity index (χ1n) is 19.1. The van der Waals surface area contributed by atoms with Crippen LogP contribution in [0.5, 0.6) is 5.75 Å². The fourth-order valence-electron chi connectivity index (χ4n) is 8.40. The van der Waals surface area contributed by atoms with Crippen molar-refractivity contribution >= 4 is 46.1 Å². The van der Waals surface area contributed by atoms with Crippen LogP contribution >= 0.6 is 0 Å². The molecule has 8 rings (SSSR count). The van der Waals surface area contributed by atoms with Gasteiger partial charge in [0.15, 0.2) is 0 Å². The molecule has 1 aliphatic heterocycles. The summed E-state index contributed by atoms with van der Waals surface area (Å²) in [6.07, 6.45) is 10.5. The molecule has 2 heterocycles. The third-order valence-corrected chi connectivity index (χ3v) is 11.5. The van der Waals surface area contributed by atoms with Gasteiger partial charge in [-0.15, -0.1) is 0 Å². The van der Waals surface area contributed by atoms with Gasteiger partial charge in [0.2, 0.25) is 5.91 Å². The number of hydrogen-bond acceptors (Lipinski definition) is 5. The number of rotatable bonds is 10. The number of carbonyl (C=O) groups is 3. The second-order valence-electron chi connectivity index (χ2n) is 15.0. The number of nitrogens with one attached hydrogen (secondary N) is 2. The summed E-state index contributed by atoms with van der Waals surface area (Å²) in [6.45, 7) is 2.07. The molecule has 2 aliphatic carbocycles. The number of aromatic nitrogens is 1. The van der Waals surface area contributed by atoms with Crippen molar-refractivity contribution in [3.05, 3.63) is 119 Å². The Bertz CT molecular complexity index is 2230. The number of ether oxygens (including phenoxy) is 1. The van der Waals surface area contributed by atoms with Crippen LogP contribution in [0.15, 0.2) is 97.1 Å². The highest BCUT2D eigenvalue weighted by Gasteiger charge is 2.45. The molecule has 0 unspecified atom stereocenters. The number of fused-ring (bicyclic) bond motifs is 5. The van der Waals surface area contributed by atoms with Crippen molar-refractivity contribution in [2.75, 3.05) is 23.8 Å². The zero-order valence-electron chi connectivity index (χ0n) is 30.6. The number of carbonyl (C=O) groups excluding carboxylic acids is 2. The molecule has 3 aliphatic rings. The minimum Gasteiger partial charge on any atom is -0.489 e. The quantitative estimate of drug-likeness (QED) is 0.124. The van der Waals surface area contributed by atoms with E-state index in [1.165, 1.54) is 47.5 Å². The highest BCUT2D eigenvalue weighted by atomic mass is 16.5. The van der Waals surface area contributed by atoms with E-state index in [0.717, 1.165) is 60.9 Å². The van der Waals surface area contributed by atoms with Crippen LogP contribution < -0.4 is 20.3 Å². The van der Waals surface area contributed by atoms with Crippen LogP contribution in [0.1, 0.15) is 84.3 Å². The summed E-state index contributed by atoms with van der Waals surface area (Å²) in [6, 6.07) is 29.7. The van der Waals surface area contributed by atoms with Gasteiger partial charge in [-0.1, -0.05) is 67.8 Å². The molecule has 0 radical (unpaired) electrons. The summed E-state index contributed by atoms with van der Waals surface area (Å²) >= 11 is 0. The molecule has 3 N–H and O–H groups in total. The Labute approximate surface area is 315 Å². The summed E-state index contributed by atoms with van der Waals surface area (Å²) in [5.41, 5.74) is 7.95. The predicted molar refractivity (Wildman–Crippen MR) is 213 cm³/mol. The number of aliphatic carboxylic acids is 1. The molecule has 9 heteroatoms. The monoisotopic (exact) mass is 722 g/mol. The fraction of sp³-hybridized carbons (Fsp3) is 0.311. The van der Waals surface area contributed by atoms with Crippen molar-refractivity contribution in [2.45, 2.75) is 76.0 Å². The number of amides is 2. The lowest BCUT2D eigenvalue weighted by atomic mass is 9.75. The first-order valence-corrected chi connectivity index (χ1v) is 19.1. The average Bonchev–Trinajstić information content (AvgIpc) is 3.43. The van der Waals surface area contributed by atoms with Gasteiger partial charge in [-0.05, 0) is 97.2 Å². The van der Waals surface area contributed by atoms with Crippen LogP contribution in [-0.2, 0) is 22.7 Å².